The van der Waals surface area contributed by atoms with E-state index in [1.54, 1.807) is 4.90 Å². The van der Waals surface area contributed by atoms with Crippen molar-refractivity contribution in [3.05, 3.63) is 53.0 Å². The van der Waals surface area contributed by atoms with Crippen LogP contribution in [-0.4, -0.2) is 43.2 Å². The number of benzene rings is 2. The summed E-state index contributed by atoms with van der Waals surface area (Å²) in [6.07, 6.45) is 0. The first-order valence-corrected chi connectivity index (χ1v) is 9.09. The van der Waals surface area contributed by atoms with Gasteiger partial charge >= 0.3 is 0 Å². The first-order chi connectivity index (χ1) is 11.7. The van der Waals surface area contributed by atoms with E-state index in [0.717, 1.165) is 58.8 Å². The molecule has 1 aliphatic heterocycles. The summed E-state index contributed by atoms with van der Waals surface area (Å²) in [6.45, 7) is 4.36. The molecule has 0 saturated carbocycles. The molecule has 0 atom stereocenters. The molecule has 1 aromatic heterocycles. The van der Waals surface area contributed by atoms with Gasteiger partial charge in [0, 0.05) is 15.4 Å². The predicted octanol–water partition coefficient (Wildman–Crippen LogP) is 2.39. The maximum atomic E-state index is 4.94. The van der Waals surface area contributed by atoms with Crippen molar-refractivity contribution in [1.82, 2.24) is 9.97 Å². The number of halogens is 1. The van der Waals surface area contributed by atoms with Gasteiger partial charge in [-0.25, -0.2) is 9.97 Å². The molecule has 4 rings (SSSR count). The summed E-state index contributed by atoms with van der Waals surface area (Å²) in [5, 5.41) is 1.14. The zero-order chi connectivity index (χ0) is 16.5. The number of hydrogen-bond acceptors (Lipinski definition) is 3. The second-order valence-electron chi connectivity index (χ2n) is 6.34. The molecule has 1 saturated heterocycles. The van der Waals surface area contributed by atoms with E-state index in [-0.39, 0.29) is 0 Å². The van der Waals surface area contributed by atoms with Crippen molar-refractivity contribution in [2.24, 2.45) is 0 Å². The summed E-state index contributed by atoms with van der Waals surface area (Å²) in [6, 6.07) is 16.5. The Labute approximate surface area is 150 Å². The molecule has 0 unspecified atom stereocenters. The molecule has 122 valence electrons. The highest BCUT2D eigenvalue weighted by molar-refractivity contribution is 9.10. The molecule has 0 spiro atoms. The second kappa shape index (κ2) is 6.49. The average Bonchev–Trinajstić information content (AvgIpc) is 2.62. The number of para-hydroxylation sites is 1. The lowest BCUT2D eigenvalue weighted by atomic mass is 10.1. The van der Waals surface area contributed by atoms with Gasteiger partial charge in [0.2, 0.25) is 0 Å². The Morgan fingerprint density at radius 1 is 0.958 bits per heavy atom. The number of nitrogens with one attached hydrogen (secondary N) is 1. The van der Waals surface area contributed by atoms with Gasteiger partial charge < -0.3 is 9.80 Å². The number of anilines is 1. The van der Waals surface area contributed by atoms with E-state index in [4.69, 9.17) is 9.97 Å². The maximum Gasteiger partial charge on any atom is 0.162 e. The molecule has 3 aromatic rings. The smallest absolute Gasteiger partial charge is 0.162 e. The van der Waals surface area contributed by atoms with Gasteiger partial charge in [0.05, 0.1) is 38.7 Å². The average molecular weight is 384 g/mol. The lowest BCUT2D eigenvalue weighted by Gasteiger charge is -2.31. The third kappa shape index (κ3) is 3.01. The summed E-state index contributed by atoms with van der Waals surface area (Å²) >= 11 is 3.49. The van der Waals surface area contributed by atoms with Gasteiger partial charge in [-0.3, -0.25) is 0 Å². The van der Waals surface area contributed by atoms with Gasteiger partial charge in [0.15, 0.2) is 5.82 Å². The second-order valence-corrected chi connectivity index (χ2v) is 7.25. The molecule has 2 aromatic carbocycles. The summed E-state index contributed by atoms with van der Waals surface area (Å²) in [4.78, 5) is 13.7. The van der Waals surface area contributed by atoms with E-state index < -0.39 is 0 Å². The van der Waals surface area contributed by atoms with Gasteiger partial charge in [-0.05, 0) is 24.3 Å². The van der Waals surface area contributed by atoms with Gasteiger partial charge in [-0.1, -0.05) is 40.2 Å². The molecule has 1 N–H and O–H groups in total. The Kier molecular flexibility index (Phi) is 4.21. The number of aromatic nitrogens is 2. The number of fused-ring (bicyclic) bond motifs is 1. The fourth-order valence-corrected chi connectivity index (χ4v) is 3.39. The van der Waals surface area contributed by atoms with Crippen molar-refractivity contribution in [2.75, 3.05) is 38.1 Å². The minimum absolute atomic E-state index is 0.794. The SMILES string of the molecule is C[NH+]1CCN(c2nc(-c3ccc(Br)cc3)nc3ccccc23)CC1. The fraction of sp³-hybridized carbons (Fsp3) is 0.263. The highest BCUT2D eigenvalue weighted by atomic mass is 79.9. The standard InChI is InChI=1S/C19H19BrN4/c1-23-10-12-24(13-11-23)19-16-4-2-3-5-17(16)21-18(22-19)14-6-8-15(20)9-7-14/h2-9H,10-13H2,1H3/p+1. The van der Waals surface area contributed by atoms with Crippen LogP contribution in [0.4, 0.5) is 5.82 Å². The predicted molar refractivity (Wildman–Crippen MR) is 102 cm³/mol. The number of nitrogens with zero attached hydrogens (tertiary/aromatic N) is 3. The van der Waals surface area contributed by atoms with Crippen LogP contribution in [0.3, 0.4) is 0 Å². The lowest BCUT2D eigenvalue weighted by molar-refractivity contribution is -0.880. The van der Waals surface area contributed by atoms with Gasteiger partial charge in [-0.2, -0.15) is 0 Å². The molecule has 4 nitrogen and oxygen atoms in total. The van der Waals surface area contributed by atoms with Crippen LogP contribution in [0.15, 0.2) is 53.0 Å². The van der Waals surface area contributed by atoms with Crippen LogP contribution in [0, 0.1) is 0 Å². The summed E-state index contributed by atoms with van der Waals surface area (Å²) in [5.74, 6) is 1.86. The number of likely N-dealkylation sites (N-methyl/N-ethyl adjacent to an activating group) is 1. The molecule has 0 aliphatic carbocycles. The monoisotopic (exact) mass is 383 g/mol. The van der Waals surface area contributed by atoms with E-state index in [2.05, 4.69) is 58.2 Å². The van der Waals surface area contributed by atoms with E-state index in [1.165, 1.54) is 0 Å². The minimum atomic E-state index is 0.794. The van der Waals surface area contributed by atoms with Crippen molar-refractivity contribution < 1.29 is 4.90 Å². The molecule has 0 amide bonds. The topological polar surface area (TPSA) is 33.5 Å². The number of rotatable bonds is 2. The first kappa shape index (κ1) is 15.5. The quantitative estimate of drug-likeness (QED) is 0.737. The van der Waals surface area contributed by atoms with Crippen LogP contribution in [0.25, 0.3) is 22.3 Å². The van der Waals surface area contributed by atoms with E-state index in [1.807, 2.05) is 18.2 Å². The van der Waals surface area contributed by atoms with Crippen LogP contribution < -0.4 is 9.80 Å². The van der Waals surface area contributed by atoms with Gasteiger partial charge in [0.25, 0.3) is 0 Å². The Morgan fingerprint density at radius 2 is 1.67 bits per heavy atom. The van der Waals surface area contributed by atoms with Crippen molar-refractivity contribution in [3.8, 4) is 11.4 Å². The Hall–Kier alpha value is -1.98. The van der Waals surface area contributed by atoms with Crippen molar-refractivity contribution in [3.63, 3.8) is 0 Å². The summed E-state index contributed by atoms with van der Waals surface area (Å²) < 4.78 is 1.06. The Bertz CT molecular complexity index is 855. The Balaban J connectivity index is 1.83. The zero-order valence-electron chi connectivity index (χ0n) is 13.7. The molecular weight excluding hydrogens is 364 g/mol. The normalized spacial score (nSPS) is 15.8. The highest BCUT2D eigenvalue weighted by Crippen LogP contribution is 2.28. The number of quaternary nitrogens is 1. The van der Waals surface area contributed by atoms with E-state index >= 15 is 0 Å². The Morgan fingerprint density at radius 3 is 2.42 bits per heavy atom. The molecule has 0 radical (unpaired) electrons. The fourth-order valence-electron chi connectivity index (χ4n) is 3.13. The van der Waals surface area contributed by atoms with Crippen LogP contribution in [0.1, 0.15) is 0 Å². The summed E-state index contributed by atoms with van der Waals surface area (Å²) in [7, 11) is 2.25. The largest absolute Gasteiger partial charge is 0.345 e. The van der Waals surface area contributed by atoms with Crippen molar-refractivity contribution in [1.29, 1.82) is 0 Å². The maximum absolute atomic E-state index is 4.94. The van der Waals surface area contributed by atoms with Gasteiger partial charge in [-0.15, -0.1) is 0 Å². The third-order valence-corrected chi connectivity index (χ3v) is 5.13. The van der Waals surface area contributed by atoms with Crippen LogP contribution >= 0.6 is 15.9 Å². The minimum Gasteiger partial charge on any atom is -0.345 e. The molecule has 1 fully saturated rings. The van der Waals surface area contributed by atoms with Gasteiger partial charge in [0.1, 0.15) is 5.82 Å². The summed E-state index contributed by atoms with van der Waals surface area (Å²) in [5.41, 5.74) is 2.05. The van der Waals surface area contributed by atoms with E-state index in [9.17, 15) is 0 Å². The molecule has 0 bridgehead atoms. The van der Waals surface area contributed by atoms with E-state index in [0.29, 0.717) is 0 Å². The van der Waals surface area contributed by atoms with Crippen molar-refractivity contribution in [2.45, 2.75) is 0 Å². The first-order valence-electron chi connectivity index (χ1n) is 8.30. The molecule has 5 heteroatoms. The third-order valence-electron chi connectivity index (χ3n) is 4.60. The highest BCUT2D eigenvalue weighted by Gasteiger charge is 2.21. The molecule has 2 heterocycles. The molecular formula is C19H20BrN4+. The van der Waals surface area contributed by atoms with Crippen molar-refractivity contribution >= 4 is 32.7 Å². The lowest BCUT2D eigenvalue weighted by Crippen LogP contribution is -3.12. The van der Waals surface area contributed by atoms with Crippen LogP contribution in [-0.2, 0) is 0 Å². The molecule has 24 heavy (non-hydrogen) atoms. The van der Waals surface area contributed by atoms with Crippen LogP contribution in [0.5, 0.6) is 0 Å². The number of hydrogen-bond donors (Lipinski definition) is 1. The molecule has 1 aliphatic rings. The number of piperazine rings is 1. The van der Waals surface area contributed by atoms with Crippen LogP contribution in [0.2, 0.25) is 0 Å². The zero-order valence-corrected chi connectivity index (χ0v) is 15.3.